The van der Waals surface area contributed by atoms with E-state index < -0.39 is 0 Å². The number of hydrogen-bond donors (Lipinski definition) is 1. The standard InChI is InChI=1S/C17H23N3O/c1-13-6-7-15(5-4-8-18)16(11-13)17(21)20-10-9-19(3)12-14(20)2/h6-7,11,14H,8-10,12,18H2,1-3H3. The van der Waals surface area contributed by atoms with Crippen molar-refractivity contribution in [2.75, 3.05) is 33.2 Å². The Kier molecular flexibility index (Phi) is 5.00. The van der Waals surface area contributed by atoms with Gasteiger partial charge < -0.3 is 15.5 Å². The number of carbonyl (C=O) groups is 1. The van der Waals surface area contributed by atoms with Gasteiger partial charge in [-0.2, -0.15) is 0 Å². The van der Waals surface area contributed by atoms with E-state index in [1.807, 2.05) is 30.0 Å². The molecule has 2 N–H and O–H groups in total. The maximum Gasteiger partial charge on any atom is 0.255 e. The molecule has 0 radical (unpaired) electrons. The van der Waals surface area contributed by atoms with Gasteiger partial charge in [0.05, 0.1) is 12.1 Å². The average Bonchev–Trinajstić information content (AvgIpc) is 2.45. The van der Waals surface area contributed by atoms with Crippen LogP contribution in [0.5, 0.6) is 0 Å². The molecule has 0 bridgehead atoms. The molecule has 1 amide bonds. The van der Waals surface area contributed by atoms with Crippen LogP contribution in [0, 0.1) is 18.8 Å². The number of aryl methyl sites for hydroxylation is 1. The van der Waals surface area contributed by atoms with E-state index in [0.29, 0.717) is 12.1 Å². The monoisotopic (exact) mass is 285 g/mol. The summed E-state index contributed by atoms with van der Waals surface area (Å²) in [7, 11) is 2.09. The lowest BCUT2D eigenvalue weighted by atomic mass is 10.0. The molecule has 4 heteroatoms. The molecule has 4 nitrogen and oxygen atoms in total. The Hall–Kier alpha value is -1.83. The van der Waals surface area contributed by atoms with Crippen LogP contribution in [0.25, 0.3) is 0 Å². The van der Waals surface area contributed by atoms with E-state index in [2.05, 4.69) is 30.7 Å². The molecular weight excluding hydrogens is 262 g/mol. The summed E-state index contributed by atoms with van der Waals surface area (Å²) in [6.07, 6.45) is 0. The Morgan fingerprint density at radius 2 is 2.19 bits per heavy atom. The van der Waals surface area contributed by atoms with Gasteiger partial charge in [0.2, 0.25) is 0 Å². The third kappa shape index (κ3) is 3.63. The van der Waals surface area contributed by atoms with Gasteiger partial charge in [0.25, 0.3) is 5.91 Å². The Morgan fingerprint density at radius 3 is 2.86 bits per heavy atom. The molecule has 1 aromatic carbocycles. The summed E-state index contributed by atoms with van der Waals surface area (Å²) in [5.74, 6) is 5.92. The lowest BCUT2D eigenvalue weighted by Crippen LogP contribution is -2.52. The molecular formula is C17H23N3O. The number of benzene rings is 1. The van der Waals surface area contributed by atoms with Crippen molar-refractivity contribution in [3.63, 3.8) is 0 Å². The highest BCUT2D eigenvalue weighted by molar-refractivity contribution is 5.97. The van der Waals surface area contributed by atoms with Crippen molar-refractivity contribution >= 4 is 5.91 Å². The lowest BCUT2D eigenvalue weighted by Gasteiger charge is -2.38. The van der Waals surface area contributed by atoms with Crippen LogP contribution in [0.2, 0.25) is 0 Å². The second kappa shape index (κ2) is 6.75. The number of likely N-dealkylation sites (N-methyl/N-ethyl adjacent to an activating group) is 1. The summed E-state index contributed by atoms with van der Waals surface area (Å²) in [6.45, 7) is 6.95. The fourth-order valence-electron chi connectivity index (χ4n) is 2.69. The summed E-state index contributed by atoms with van der Waals surface area (Å²) >= 11 is 0. The predicted octanol–water partition coefficient (Wildman–Crippen LogP) is 1.08. The van der Waals surface area contributed by atoms with Crippen LogP contribution in [0.3, 0.4) is 0 Å². The molecule has 1 saturated heterocycles. The van der Waals surface area contributed by atoms with Crippen molar-refractivity contribution in [3.8, 4) is 11.8 Å². The summed E-state index contributed by atoms with van der Waals surface area (Å²) in [4.78, 5) is 17.1. The van der Waals surface area contributed by atoms with Crippen LogP contribution >= 0.6 is 0 Å². The number of nitrogens with zero attached hydrogens (tertiary/aromatic N) is 2. The molecule has 1 fully saturated rings. The van der Waals surface area contributed by atoms with Gasteiger partial charge in [0.1, 0.15) is 0 Å². The molecule has 2 rings (SSSR count). The van der Waals surface area contributed by atoms with Crippen LogP contribution in [0.4, 0.5) is 0 Å². The van der Waals surface area contributed by atoms with Crippen molar-refractivity contribution in [2.24, 2.45) is 5.73 Å². The fourth-order valence-corrected chi connectivity index (χ4v) is 2.69. The minimum atomic E-state index is 0.0700. The summed E-state index contributed by atoms with van der Waals surface area (Å²) < 4.78 is 0. The minimum absolute atomic E-state index is 0.0700. The molecule has 0 saturated carbocycles. The van der Waals surface area contributed by atoms with E-state index in [9.17, 15) is 4.79 Å². The quantitative estimate of drug-likeness (QED) is 0.786. The van der Waals surface area contributed by atoms with Crippen LogP contribution < -0.4 is 5.73 Å². The van der Waals surface area contributed by atoms with Gasteiger partial charge >= 0.3 is 0 Å². The first-order valence-electron chi connectivity index (χ1n) is 7.32. The van der Waals surface area contributed by atoms with E-state index in [0.717, 1.165) is 30.8 Å². The first-order chi connectivity index (χ1) is 10.0. The van der Waals surface area contributed by atoms with E-state index in [-0.39, 0.29) is 11.9 Å². The Bertz CT molecular complexity index is 585. The molecule has 0 aliphatic carbocycles. The number of nitrogens with two attached hydrogens (primary N) is 1. The van der Waals surface area contributed by atoms with Gasteiger partial charge in [0.15, 0.2) is 0 Å². The summed E-state index contributed by atoms with van der Waals surface area (Å²) in [5, 5.41) is 0. The van der Waals surface area contributed by atoms with Gasteiger partial charge in [-0.25, -0.2) is 0 Å². The second-order valence-electron chi connectivity index (χ2n) is 5.66. The smallest absolute Gasteiger partial charge is 0.255 e. The summed E-state index contributed by atoms with van der Waals surface area (Å²) in [6, 6.07) is 6.02. The van der Waals surface area contributed by atoms with E-state index in [4.69, 9.17) is 5.73 Å². The molecule has 1 aliphatic rings. The largest absolute Gasteiger partial charge is 0.333 e. The number of hydrogen-bond acceptors (Lipinski definition) is 3. The van der Waals surface area contributed by atoms with Crippen LogP contribution in [-0.2, 0) is 0 Å². The summed E-state index contributed by atoms with van der Waals surface area (Å²) in [5.41, 5.74) is 7.96. The Balaban J connectivity index is 2.32. The van der Waals surface area contributed by atoms with E-state index in [1.165, 1.54) is 0 Å². The fraction of sp³-hybridized carbons (Fsp3) is 0.471. The van der Waals surface area contributed by atoms with Gasteiger partial charge in [-0.3, -0.25) is 4.79 Å². The first-order valence-corrected chi connectivity index (χ1v) is 7.32. The molecule has 112 valence electrons. The third-order valence-corrected chi connectivity index (χ3v) is 3.82. The van der Waals surface area contributed by atoms with Crippen molar-refractivity contribution in [2.45, 2.75) is 19.9 Å². The molecule has 1 unspecified atom stereocenters. The number of carbonyl (C=O) groups excluding carboxylic acids is 1. The zero-order valence-electron chi connectivity index (χ0n) is 13.0. The van der Waals surface area contributed by atoms with Crippen molar-refractivity contribution in [1.82, 2.24) is 9.80 Å². The normalized spacial score (nSPS) is 19.0. The SMILES string of the molecule is Cc1ccc(C#CCN)c(C(=O)N2CCN(C)CC2C)c1. The average molecular weight is 285 g/mol. The Labute approximate surface area is 126 Å². The van der Waals surface area contributed by atoms with Crippen molar-refractivity contribution in [1.29, 1.82) is 0 Å². The molecule has 1 aromatic rings. The molecule has 0 aromatic heterocycles. The number of piperazine rings is 1. The second-order valence-corrected chi connectivity index (χ2v) is 5.66. The number of amides is 1. The van der Waals surface area contributed by atoms with E-state index >= 15 is 0 Å². The molecule has 1 heterocycles. The predicted molar refractivity (Wildman–Crippen MR) is 85.1 cm³/mol. The third-order valence-electron chi connectivity index (χ3n) is 3.82. The topological polar surface area (TPSA) is 49.6 Å². The molecule has 1 aliphatic heterocycles. The molecule has 1 atom stereocenters. The maximum absolute atomic E-state index is 12.9. The highest BCUT2D eigenvalue weighted by Gasteiger charge is 2.27. The van der Waals surface area contributed by atoms with Gasteiger partial charge in [0, 0.05) is 31.2 Å². The zero-order valence-corrected chi connectivity index (χ0v) is 13.0. The van der Waals surface area contributed by atoms with Gasteiger partial charge in [-0.1, -0.05) is 23.5 Å². The van der Waals surface area contributed by atoms with E-state index in [1.54, 1.807) is 0 Å². The Morgan fingerprint density at radius 1 is 1.43 bits per heavy atom. The van der Waals surface area contributed by atoms with Crippen LogP contribution in [0.15, 0.2) is 18.2 Å². The number of rotatable bonds is 1. The maximum atomic E-state index is 12.9. The first kappa shape index (κ1) is 15.6. The van der Waals surface area contributed by atoms with Crippen LogP contribution in [0.1, 0.15) is 28.4 Å². The highest BCUT2D eigenvalue weighted by atomic mass is 16.2. The van der Waals surface area contributed by atoms with Crippen molar-refractivity contribution < 1.29 is 4.79 Å². The lowest BCUT2D eigenvalue weighted by molar-refractivity contribution is 0.0533. The van der Waals surface area contributed by atoms with Crippen LogP contribution in [-0.4, -0.2) is 55.0 Å². The van der Waals surface area contributed by atoms with Crippen molar-refractivity contribution in [3.05, 3.63) is 34.9 Å². The molecule has 21 heavy (non-hydrogen) atoms. The minimum Gasteiger partial charge on any atom is -0.333 e. The van der Waals surface area contributed by atoms with Gasteiger partial charge in [-0.05, 0) is 33.0 Å². The van der Waals surface area contributed by atoms with Gasteiger partial charge in [-0.15, -0.1) is 0 Å². The highest BCUT2D eigenvalue weighted by Crippen LogP contribution is 2.17. The zero-order chi connectivity index (χ0) is 15.4. The molecule has 0 spiro atoms.